The molecule has 134 valence electrons. The first kappa shape index (κ1) is 17.2. The molecule has 4 nitrogen and oxygen atoms in total. The van der Waals surface area contributed by atoms with Crippen LogP contribution in [-0.2, 0) is 6.42 Å². The number of hydrogen-bond donors (Lipinski definition) is 0. The summed E-state index contributed by atoms with van der Waals surface area (Å²) in [5.74, 6) is 0.968. The molecule has 6 heteroatoms. The van der Waals surface area contributed by atoms with Crippen molar-refractivity contribution in [3.63, 3.8) is 0 Å². The quantitative estimate of drug-likeness (QED) is 0.639. The molecule has 1 saturated heterocycles. The Balaban J connectivity index is 1.50. The molecule has 4 rings (SSSR count). The van der Waals surface area contributed by atoms with Gasteiger partial charge >= 0.3 is 0 Å². The van der Waals surface area contributed by atoms with Crippen LogP contribution in [-0.4, -0.2) is 35.5 Å². The fourth-order valence-corrected chi connectivity index (χ4v) is 5.00. The fourth-order valence-electron chi connectivity index (χ4n) is 3.42. The highest BCUT2D eigenvalue weighted by atomic mass is 32.1. The summed E-state index contributed by atoms with van der Waals surface area (Å²) in [6.45, 7) is 0.819. The zero-order valence-electron chi connectivity index (χ0n) is 14.6. The zero-order valence-corrected chi connectivity index (χ0v) is 16.2. The first-order valence-electron chi connectivity index (χ1n) is 8.67. The van der Waals surface area contributed by atoms with Gasteiger partial charge in [0.1, 0.15) is 15.6 Å². The number of amides is 1. The van der Waals surface area contributed by atoms with Gasteiger partial charge in [0.25, 0.3) is 5.91 Å². The van der Waals surface area contributed by atoms with Crippen molar-refractivity contribution >= 4 is 28.6 Å². The summed E-state index contributed by atoms with van der Waals surface area (Å²) in [6.07, 6.45) is 4.68. The highest BCUT2D eigenvalue weighted by Gasteiger charge is 2.30. The molecule has 3 heterocycles. The molecular formula is C20H20N2O2S2. The maximum atomic E-state index is 13.0. The second kappa shape index (κ2) is 7.60. The number of rotatable bonds is 5. The number of thiophene rings is 1. The highest BCUT2D eigenvalue weighted by molar-refractivity contribution is 7.17. The smallest absolute Gasteiger partial charge is 0.265 e. The molecule has 0 radical (unpaired) electrons. The van der Waals surface area contributed by atoms with Gasteiger partial charge in [-0.05, 0) is 48.4 Å². The summed E-state index contributed by atoms with van der Waals surface area (Å²) < 4.78 is 5.31. The van der Waals surface area contributed by atoms with E-state index in [4.69, 9.17) is 4.74 Å². The molecule has 0 unspecified atom stereocenters. The summed E-state index contributed by atoms with van der Waals surface area (Å²) in [4.78, 5) is 20.2. The van der Waals surface area contributed by atoms with Gasteiger partial charge in [-0.15, -0.1) is 11.3 Å². The molecule has 0 bridgehead atoms. The number of likely N-dealkylation sites (tertiary alicyclic amines) is 1. The zero-order chi connectivity index (χ0) is 17.9. The molecule has 26 heavy (non-hydrogen) atoms. The number of aromatic nitrogens is 1. The lowest BCUT2D eigenvalue weighted by Gasteiger charge is -2.24. The Morgan fingerprint density at radius 2 is 2.31 bits per heavy atom. The predicted octanol–water partition coefficient (Wildman–Crippen LogP) is 4.73. The molecule has 3 aromatic rings. The van der Waals surface area contributed by atoms with Crippen LogP contribution >= 0.6 is 22.7 Å². The molecule has 1 aliphatic heterocycles. The van der Waals surface area contributed by atoms with Crippen LogP contribution in [0.4, 0.5) is 0 Å². The average molecular weight is 385 g/mol. The lowest BCUT2D eigenvalue weighted by Crippen LogP contribution is -2.36. The van der Waals surface area contributed by atoms with E-state index >= 15 is 0 Å². The maximum Gasteiger partial charge on any atom is 0.265 e. The van der Waals surface area contributed by atoms with Crippen molar-refractivity contribution in [2.75, 3.05) is 13.7 Å². The Kier molecular flexibility index (Phi) is 5.04. The lowest BCUT2D eigenvalue weighted by molar-refractivity contribution is 0.0741. The van der Waals surface area contributed by atoms with Crippen LogP contribution < -0.4 is 4.74 Å². The third-order valence-electron chi connectivity index (χ3n) is 4.73. The molecule has 1 aromatic carbocycles. The van der Waals surface area contributed by atoms with Crippen molar-refractivity contribution in [3.05, 3.63) is 57.7 Å². The van der Waals surface area contributed by atoms with E-state index < -0.39 is 0 Å². The monoisotopic (exact) mass is 384 g/mol. The van der Waals surface area contributed by atoms with Crippen molar-refractivity contribution in [2.45, 2.75) is 25.3 Å². The van der Waals surface area contributed by atoms with E-state index in [9.17, 15) is 4.79 Å². The number of ether oxygens (including phenoxy) is 1. The third-order valence-corrected chi connectivity index (χ3v) is 6.45. The standard InChI is InChI=1S/C20H20N2O2S2/c1-24-17-6-2-4-14(11-17)10-16-5-3-8-22(16)20(23)18-12-21-19(26-18)15-7-9-25-13-15/h2,4,6-7,9,11-13,16H,3,5,8,10H2,1H3/t16-/m0/s1. The number of methoxy groups -OCH3 is 1. The predicted molar refractivity (Wildman–Crippen MR) is 106 cm³/mol. The first-order valence-corrected chi connectivity index (χ1v) is 10.4. The van der Waals surface area contributed by atoms with Crippen LogP contribution in [0.5, 0.6) is 5.75 Å². The molecule has 1 aliphatic rings. The topological polar surface area (TPSA) is 42.4 Å². The van der Waals surface area contributed by atoms with Crippen molar-refractivity contribution in [1.29, 1.82) is 0 Å². The Morgan fingerprint density at radius 3 is 3.12 bits per heavy atom. The number of carbonyl (C=O) groups is 1. The molecule has 2 aromatic heterocycles. The van der Waals surface area contributed by atoms with E-state index in [0.29, 0.717) is 0 Å². The highest BCUT2D eigenvalue weighted by Crippen LogP contribution is 2.30. The SMILES string of the molecule is COc1cccc(C[C@@H]2CCCN2C(=O)c2cnc(-c3ccsc3)s2)c1. The summed E-state index contributed by atoms with van der Waals surface area (Å²) in [5.41, 5.74) is 2.30. The molecule has 0 saturated carbocycles. The summed E-state index contributed by atoms with van der Waals surface area (Å²) >= 11 is 3.13. The molecule has 1 fully saturated rings. The van der Waals surface area contributed by atoms with Crippen molar-refractivity contribution in [3.8, 4) is 16.3 Å². The van der Waals surface area contributed by atoms with Gasteiger partial charge in [0, 0.05) is 23.5 Å². The number of nitrogens with zero attached hydrogens (tertiary/aromatic N) is 2. The van der Waals surface area contributed by atoms with Gasteiger partial charge in [-0.2, -0.15) is 11.3 Å². The van der Waals surface area contributed by atoms with Crippen LogP contribution in [0, 0.1) is 0 Å². The molecule has 0 aliphatic carbocycles. The van der Waals surface area contributed by atoms with Gasteiger partial charge in [0.05, 0.1) is 13.3 Å². The van der Waals surface area contributed by atoms with E-state index in [1.165, 1.54) is 16.9 Å². The molecule has 0 N–H and O–H groups in total. The number of thiazole rings is 1. The number of hydrogen-bond acceptors (Lipinski definition) is 5. The third kappa shape index (κ3) is 3.52. The van der Waals surface area contributed by atoms with E-state index in [2.05, 4.69) is 22.5 Å². The minimum Gasteiger partial charge on any atom is -0.497 e. The maximum absolute atomic E-state index is 13.0. The van der Waals surface area contributed by atoms with Crippen LogP contribution in [0.2, 0.25) is 0 Å². The van der Waals surface area contributed by atoms with Gasteiger partial charge in [0.15, 0.2) is 0 Å². The van der Waals surface area contributed by atoms with E-state index in [-0.39, 0.29) is 11.9 Å². The van der Waals surface area contributed by atoms with Gasteiger partial charge in [0.2, 0.25) is 0 Å². The van der Waals surface area contributed by atoms with E-state index in [0.717, 1.165) is 47.0 Å². The lowest BCUT2D eigenvalue weighted by atomic mass is 10.0. The van der Waals surface area contributed by atoms with Crippen LogP contribution in [0.3, 0.4) is 0 Å². The van der Waals surface area contributed by atoms with E-state index in [1.54, 1.807) is 24.6 Å². The van der Waals surface area contributed by atoms with Gasteiger partial charge in [-0.25, -0.2) is 4.98 Å². The Morgan fingerprint density at radius 1 is 1.38 bits per heavy atom. The molecule has 1 atom stereocenters. The van der Waals surface area contributed by atoms with Gasteiger partial charge in [-0.1, -0.05) is 12.1 Å². The Labute approximate surface area is 161 Å². The summed E-state index contributed by atoms with van der Waals surface area (Å²) in [6, 6.07) is 10.4. The van der Waals surface area contributed by atoms with Crippen LogP contribution in [0.15, 0.2) is 47.3 Å². The number of carbonyl (C=O) groups excluding carboxylic acids is 1. The van der Waals surface area contributed by atoms with E-state index in [1.807, 2.05) is 28.5 Å². The normalized spacial score (nSPS) is 16.8. The average Bonchev–Trinajstić information content (AvgIpc) is 3.41. The van der Waals surface area contributed by atoms with Crippen molar-refractivity contribution in [1.82, 2.24) is 9.88 Å². The minimum atomic E-state index is 0.106. The molecule has 0 spiro atoms. The largest absolute Gasteiger partial charge is 0.497 e. The molecule has 1 amide bonds. The van der Waals surface area contributed by atoms with Gasteiger partial charge < -0.3 is 9.64 Å². The van der Waals surface area contributed by atoms with Gasteiger partial charge in [-0.3, -0.25) is 4.79 Å². The second-order valence-electron chi connectivity index (χ2n) is 6.39. The first-order chi connectivity index (χ1) is 12.7. The van der Waals surface area contributed by atoms with Crippen molar-refractivity contribution < 1.29 is 9.53 Å². The van der Waals surface area contributed by atoms with Crippen LogP contribution in [0.1, 0.15) is 28.1 Å². The second-order valence-corrected chi connectivity index (χ2v) is 8.20. The van der Waals surface area contributed by atoms with Crippen molar-refractivity contribution in [2.24, 2.45) is 0 Å². The molecular weight excluding hydrogens is 364 g/mol. The Hall–Kier alpha value is -2.18. The Bertz CT molecular complexity index is 889. The summed E-state index contributed by atoms with van der Waals surface area (Å²) in [5, 5.41) is 5.01. The minimum absolute atomic E-state index is 0.106. The summed E-state index contributed by atoms with van der Waals surface area (Å²) in [7, 11) is 1.68. The van der Waals surface area contributed by atoms with Crippen LogP contribution in [0.25, 0.3) is 10.6 Å². The fraction of sp³-hybridized carbons (Fsp3) is 0.300. The number of benzene rings is 1.